The first-order valence-electron chi connectivity index (χ1n) is 3.66. The van der Waals surface area contributed by atoms with Crippen LogP contribution < -0.4 is 5.73 Å². The molecule has 0 radical (unpaired) electrons. The van der Waals surface area contributed by atoms with Gasteiger partial charge in [0, 0.05) is 0 Å². The molecule has 0 aromatic heterocycles. The Morgan fingerprint density at radius 2 is 1.93 bits per heavy atom. The fraction of sp³-hybridized carbons (Fsp3) is 0.125. The third-order valence-electron chi connectivity index (χ3n) is 1.63. The number of hydrogen-bond acceptors (Lipinski definition) is 3. The Bertz CT molecular complexity index is 455. The quantitative estimate of drug-likeness (QED) is 0.800. The monoisotopic (exact) mass is 217 g/mol. The van der Waals surface area contributed by atoms with E-state index in [0.717, 1.165) is 6.07 Å². The van der Waals surface area contributed by atoms with Gasteiger partial charge in [0.15, 0.2) is 6.01 Å². The minimum Gasteiger partial charge on any atom is -0.366 e. The number of sulfone groups is 1. The first-order valence-corrected chi connectivity index (χ1v) is 5.32. The number of hydrogen-bond donors (Lipinski definition) is 1. The van der Waals surface area contributed by atoms with Crippen molar-refractivity contribution in [2.45, 2.75) is 4.90 Å². The van der Waals surface area contributed by atoms with Crippen LogP contribution in [0, 0.1) is 0 Å². The van der Waals surface area contributed by atoms with Crippen LogP contribution in [0.5, 0.6) is 0 Å². The van der Waals surface area contributed by atoms with Crippen molar-refractivity contribution >= 4 is 15.7 Å². The lowest BCUT2D eigenvalue weighted by molar-refractivity contribution is 0.0997. The molecule has 4 nitrogen and oxygen atoms in total. The summed E-state index contributed by atoms with van der Waals surface area (Å²) in [7, 11) is -4.04. The predicted molar refractivity (Wildman–Crippen MR) is 48.1 cm³/mol. The lowest BCUT2D eigenvalue weighted by Gasteiger charge is -2.03. The normalized spacial score (nSPS) is 11.2. The number of amides is 1. The van der Waals surface area contributed by atoms with Crippen molar-refractivity contribution in [3.63, 3.8) is 0 Å². The summed E-state index contributed by atoms with van der Waals surface area (Å²) in [5, 5.41) is 0. The Labute approximate surface area is 80.5 Å². The molecule has 0 aliphatic rings. The predicted octanol–water partition coefficient (Wildman–Crippen LogP) is 0.486. The molecule has 0 unspecified atom stereocenters. The van der Waals surface area contributed by atoms with E-state index in [2.05, 4.69) is 0 Å². The molecule has 76 valence electrons. The highest BCUT2D eigenvalue weighted by Crippen LogP contribution is 2.16. The highest BCUT2D eigenvalue weighted by molar-refractivity contribution is 7.91. The van der Waals surface area contributed by atoms with Crippen LogP contribution in [-0.2, 0) is 9.84 Å². The van der Waals surface area contributed by atoms with Crippen LogP contribution in [0.3, 0.4) is 0 Å². The third kappa shape index (κ3) is 1.90. The summed E-state index contributed by atoms with van der Waals surface area (Å²) >= 11 is 0. The fourth-order valence-corrected chi connectivity index (χ4v) is 1.91. The zero-order valence-corrected chi connectivity index (χ0v) is 7.92. The highest BCUT2D eigenvalue weighted by Gasteiger charge is 2.20. The van der Waals surface area contributed by atoms with Gasteiger partial charge in [-0.15, -0.1) is 0 Å². The first kappa shape index (κ1) is 10.6. The van der Waals surface area contributed by atoms with Gasteiger partial charge >= 0.3 is 0 Å². The Hall–Kier alpha value is -1.43. The van der Waals surface area contributed by atoms with E-state index in [1.807, 2.05) is 0 Å². The van der Waals surface area contributed by atoms with Crippen LogP contribution in [0.4, 0.5) is 4.39 Å². The molecule has 0 spiro atoms. The standard InChI is InChI=1S/C8H8FNO3S/c9-5-14(12,13)7-4-2-1-3-6(7)8(10)11/h1-4H,5H2,(H2,10,11). The Kier molecular flexibility index (Phi) is 2.85. The Balaban J connectivity index is 3.42. The Morgan fingerprint density at radius 1 is 1.36 bits per heavy atom. The molecule has 0 fully saturated rings. The SMILES string of the molecule is NC(=O)c1ccccc1S(=O)(=O)CF. The van der Waals surface area contributed by atoms with E-state index in [0.29, 0.717) is 0 Å². The Morgan fingerprint density at radius 3 is 2.43 bits per heavy atom. The van der Waals surface area contributed by atoms with Crippen molar-refractivity contribution in [2.24, 2.45) is 5.73 Å². The summed E-state index contributed by atoms with van der Waals surface area (Å²) in [6.07, 6.45) is 0. The van der Waals surface area contributed by atoms with Crippen LogP contribution >= 0.6 is 0 Å². The molecule has 14 heavy (non-hydrogen) atoms. The van der Waals surface area contributed by atoms with Crippen molar-refractivity contribution in [3.05, 3.63) is 29.8 Å². The van der Waals surface area contributed by atoms with E-state index in [-0.39, 0.29) is 10.5 Å². The van der Waals surface area contributed by atoms with Gasteiger partial charge in [-0.05, 0) is 12.1 Å². The van der Waals surface area contributed by atoms with Gasteiger partial charge in [-0.1, -0.05) is 12.1 Å². The van der Waals surface area contributed by atoms with Crippen LogP contribution in [0.15, 0.2) is 29.2 Å². The molecular formula is C8H8FNO3S. The summed E-state index contributed by atoms with van der Waals surface area (Å²) in [5.41, 5.74) is 4.75. The van der Waals surface area contributed by atoms with Crippen molar-refractivity contribution in [2.75, 3.05) is 6.01 Å². The topological polar surface area (TPSA) is 77.2 Å². The zero-order valence-electron chi connectivity index (χ0n) is 7.10. The van der Waals surface area contributed by atoms with Gasteiger partial charge < -0.3 is 5.73 Å². The average molecular weight is 217 g/mol. The van der Waals surface area contributed by atoms with E-state index in [1.165, 1.54) is 18.2 Å². The zero-order chi connectivity index (χ0) is 10.8. The molecule has 1 rings (SSSR count). The average Bonchev–Trinajstić information content (AvgIpc) is 2.18. The minimum atomic E-state index is -4.04. The molecule has 0 saturated carbocycles. The lowest BCUT2D eigenvalue weighted by atomic mass is 10.2. The second-order valence-electron chi connectivity index (χ2n) is 2.58. The van der Waals surface area contributed by atoms with Crippen molar-refractivity contribution in [1.82, 2.24) is 0 Å². The van der Waals surface area contributed by atoms with Crippen LogP contribution in [0.2, 0.25) is 0 Å². The minimum absolute atomic E-state index is 0.190. The van der Waals surface area contributed by atoms with Gasteiger partial charge in [-0.3, -0.25) is 4.79 Å². The number of benzene rings is 1. The van der Waals surface area contributed by atoms with Crippen LogP contribution in [0.1, 0.15) is 10.4 Å². The smallest absolute Gasteiger partial charge is 0.250 e. The molecule has 0 atom stereocenters. The number of rotatable bonds is 3. The molecule has 0 saturated heterocycles. The molecule has 1 amide bonds. The molecule has 1 aromatic carbocycles. The largest absolute Gasteiger partial charge is 0.366 e. The molecular weight excluding hydrogens is 209 g/mol. The van der Waals surface area contributed by atoms with Crippen molar-refractivity contribution in [3.8, 4) is 0 Å². The number of carbonyl (C=O) groups excluding carboxylic acids is 1. The second kappa shape index (κ2) is 3.75. The van der Waals surface area contributed by atoms with E-state index < -0.39 is 21.8 Å². The second-order valence-corrected chi connectivity index (χ2v) is 4.47. The molecule has 6 heteroatoms. The van der Waals surface area contributed by atoms with Gasteiger partial charge in [0.2, 0.25) is 15.7 Å². The molecule has 2 N–H and O–H groups in total. The molecule has 0 aliphatic carbocycles. The van der Waals surface area contributed by atoms with Crippen LogP contribution in [-0.4, -0.2) is 20.3 Å². The number of alkyl halides is 1. The number of primary amides is 1. The van der Waals surface area contributed by atoms with Gasteiger partial charge in [-0.25, -0.2) is 12.8 Å². The summed E-state index contributed by atoms with van der Waals surface area (Å²) in [6.45, 7) is 0. The number of carbonyl (C=O) groups is 1. The first-order chi connectivity index (χ1) is 6.49. The van der Waals surface area contributed by atoms with Crippen LogP contribution in [0.25, 0.3) is 0 Å². The summed E-state index contributed by atoms with van der Waals surface area (Å²) in [4.78, 5) is 10.5. The molecule has 1 aromatic rings. The highest BCUT2D eigenvalue weighted by atomic mass is 32.2. The molecule has 0 bridgehead atoms. The maximum absolute atomic E-state index is 12.2. The van der Waals surface area contributed by atoms with Gasteiger partial charge in [0.25, 0.3) is 0 Å². The van der Waals surface area contributed by atoms with E-state index >= 15 is 0 Å². The summed E-state index contributed by atoms with van der Waals surface area (Å²) in [6, 6.07) is 3.70. The van der Waals surface area contributed by atoms with Gasteiger partial charge in [0.05, 0.1) is 10.5 Å². The lowest BCUT2D eigenvalue weighted by Crippen LogP contribution is -2.16. The third-order valence-corrected chi connectivity index (χ3v) is 2.94. The number of halogens is 1. The summed E-state index contributed by atoms with van der Waals surface area (Å²) < 4.78 is 34.4. The molecule has 0 heterocycles. The van der Waals surface area contributed by atoms with E-state index in [1.54, 1.807) is 0 Å². The van der Waals surface area contributed by atoms with Gasteiger partial charge in [-0.2, -0.15) is 0 Å². The molecule has 0 aliphatic heterocycles. The number of nitrogens with two attached hydrogens (primary N) is 1. The van der Waals surface area contributed by atoms with Gasteiger partial charge in [0.1, 0.15) is 0 Å². The maximum Gasteiger partial charge on any atom is 0.250 e. The maximum atomic E-state index is 12.2. The fourth-order valence-electron chi connectivity index (χ4n) is 1.00. The summed E-state index contributed by atoms with van der Waals surface area (Å²) in [5.74, 6) is -0.891. The van der Waals surface area contributed by atoms with E-state index in [9.17, 15) is 17.6 Å². The van der Waals surface area contributed by atoms with Crippen molar-refractivity contribution < 1.29 is 17.6 Å². The van der Waals surface area contributed by atoms with E-state index in [4.69, 9.17) is 5.73 Å². The van der Waals surface area contributed by atoms with Crippen molar-refractivity contribution in [1.29, 1.82) is 0 Å².